The molecule has 0 aliphatic heterocycles. The number of rotatable bonds is 3. The van der Waals surface area contributed by atoms with E-state index in [1.807, 2.05) is 0 Å². The summed E-state index contributed by atoms with van der Waals surface area (Å²) >= 11 is 3.23. The quantitative estimate of drug-likeness (QED) is 0.841. The van der Waals surface area contributed by atoms with E-state index >= 15 is 0 Å². The molecule has 0 saturated heterocycles. The summed E-state index contributed by atoms with van der Waals surface area (Å²) in [5, 5.41) is 9.18. The standard InChI is InChI=1S/C13H12BrNO3S/c14-10-3-6-12(15)13(7-10)19(17,18)8-9-1-4-11(16)5-2-9/h1-7,16H,8,15H2. The van der Waals surface area contributed by atoms with Crippen molar-refractivity contribution in [2.75, 3.05) is 5.73 Å². The molecule has 0 spiro atoms. The monoisotopic (exact) mass is 341 g/mol. The van der Waals surface area contributed by atoms with Crippen molar-refractivity contribution in [1.29, 1.82) is 0 Å². The van der Waals surface area contributed by atoms with Crippen LogP contribution in [0.25, 0.3) is 0 Å². The fourth-order valence-electron chi connectivity index (χ4n) is 1.67. The molecule has 2 aromatic rings. The van der Waals surface area contributed by atoms with Gasteiger partial charge >= 0.3 is 0 Å². The minimum atomic E-state index is -3.52. The second kappa shape index (κ2) is 5.22. The number of nitrogen functional groups attached to an aromatic ring is 1. The first-order chi connectivity index (χ1) is 8.88. The van der Waals surface area contributed by atoms with E-state index in [2.05, 4.69) is 15.9 Å². The summed E-state index contributed by atoms with van der Waals surface area (Å²) < 4.78 is 25.3. The second-order valence-electron chi connectivity index (χ2n) is 4.11. The molecule has 100 valence electrons. The maximum absolute atomic E-state index is 12.3. The van der Waals surface area contributed by atoms with E-state index in [0.29, 0.717) is 10.0 Å². The van der Waals surface area contributed by atoms with Crippen LogP contribution in [0.3, 0.4) is 0 Å². The zero-order valence-electron chi connectivity index (χ0n) is 9.88. The van der Waals surface area contributed by atoms with E-state index in [0.717, 1.165) is 0 Å². The normalized spacial score (nSPS) is 11.4. The molecular weight excluding hydrogens is 330 g/mol. The Kier molecular flexibility index (Phi) is 3.82. The van der Waals surface area contributed by atoms with Crippen molar-refractivity contribution in [3.63, 3.8) is 0 Å². The molecule has 0 fully saturated rings. The number of phenolic OH excluding ortho intramolecular Hbond substituents is 1. The number of aromatic hydroxyl groups is 1. The van der Waals surface area contributed by atoms with Crippen molar-refractivity contribution in [1.82, 2.24) is 0 Å². The Morgan fingerprint density at radius 2 is 1.74 bits per heavy atom. The lowest BCUT2D eigenvalue weighted by Crippen LogP contribution is -2.08. The number of nitrogens with two attached hydrogens (primary N) is 1. The van der Waals surface area contributed by atoms with E-state index < -0.39 is 9.84 Å². The predicted octanol–water partition coefficient (Wildman–Crippen LogP) is 2.71. The molecule has 2 aromatic carbocycles. The van der Waals surface area contributed by atoms with Gasteiger partial charge in [-0.05, 0) is 35.9 Å². The summed E-state index contributed by atoms with van der Waals surface area (Å²) in [6.07, 6.45) is 0. The van der Waals surface area contributed by atoms with Gasteiger partial charge in [0.25, 0.3) is 0 Å². The van der Waals surface area contributed by atoms with Crippen molar-refractivity contribution in [2.45, 2.75) is 10.6 Å². The Bertz CT molecular complexity index is 696. The van der Waals surface area contributed by atoms with Crippen LogP contribution in [-0.2, 0) is 15.6 Å². The molecular formula is C13H12BrNO3S. The lowest BCUT2D eigenvalue weighted by Gasteiger charge is -2.08. The minimum absolute atomic E-state index is 0.100. The van der Waals surface area contributed by atoms with Crippen molar-refractivity contribution in [3.8, 4) is 5.75 Å². The number of halogens is 1. The molecule has 0 aromatic heterocycles. The van der Waals surface area contributed by atoms with Crippen molar-refractivity contribution < 1.29 is 13.5 Å². The summed E-state index contributed by atoms with van der Waals surface area (Å²) in [5.74, 6) is -0.0587. The highest BCUT2D eigenvalue weighted by atomic mass is 79.9. The van der Waals surface area contributed by atoms with Crippen LogP contribution in [0.2, 0.25) is 0 Å². The van der Waals surface area contributed by atoms with Gasteiger partial charge in [0.05, 0.1) is 16.3 Å². The van der Waals surface area contributed by atoms with Crippen LogP contribution >= 0.6 is 15.9 Å². The maximum atomic E-state index is 12.3. The van der Waals surface area contributed by atoms with Gasteiger partial charge in [0.15, 0.2) is 9.84 Å². The fraction of sp³-hybridized carbons (Fsp3) is 0.0769. The SMILES string of the molecule is Nc1ccc(Br)cc1S(=O)(=O)Cc1ccc(O)cc1. The van der Waals surface area contributed by atoms with E-state index in [1.54, 1.807) is 24.3 Å². The van der Waals surface area contributed by atoms with Crippen LogP contribution in [0, 0.1) is 0 Å². The van der Waals surface area contributed by atoms with Gasteiger partial charge in [-0.3, -0.25) is 0 Å². The third-order valence-corrected chi connectivity index (χ3v) is 4.83. The molecule has 0 radical (unpaired) electrons. The zero-order valence-corrected chi connectivity index (χ0v) is 12.3. The van der Waals surface area contributed by atoms with Gasteiger partial charge in [-0.15, -0.1) is 0 Å². The first-order valence-electron chi connectivity index (χ1n) is 5.44. The number of hydrogen-bond acceptors (Lipinski definition) is 4. The highest BCUT2D eigenvalue weighted by molar-refractivity contribution is 9.10. The third-order valence-electron chi connectivity index (χ3n) is 2.60. The smallest absolute Gasteiger partial charge is 0.184 e. The van der Waals surface area contributed by atoms with Gasteiger partial charge in [0, 0.05) is 4.47 Å². The summed E-state index contributed by atoms with van der Waals surface area (Å²) in [7, 11) is -3.52. The van der Waals surface area contributed by atoms with Crippen molar-refractivity contribution in [2.24, 2.45) is 0 Å². The van der Waals surface area contributed by atoms with Crippen molar-refractivity contribution in [3.05, 3.63) is 52.5 Å². The van der Waals surface area contributed by atoms with E-state index in [1.165, 1.54) is 18.2 Å². The fourth-order valence-corrected chi connectivity index (χ4v) is 3.70. The molecule has 19 heavy (non-hydrogen) atoms. The predicted molar refractivity (Wildman–Crippen MR) is 77.6 cm³/mol. The molecule has 4 nitrogen and oxygen atoms in total. The number of anilines is 1. The van der Waals surface area contributed by atoms with Gasteiger partial charge < -0.3 is 10.8 Å². The number of phenols is 1. The van der Waals surface area contributed by atoms with E-state index in [4.69, 9.17) is 5.73 Å². The molecule has 0 aliphatic carbocycles. The average Bonchev–Trinajstić information content (AvgIpc) is 2.35. The Morgan fingerprint density at radius 1 is 1.11 bits per heavy atom. The number of sulfone groups is 1. The van der Waals surface area contributed by atoms with Crippen LogP contribution in [0.1, 0.15) is 5.56 Å². The largest absolute Gasteiger partial charge is 0.508 e. The Labute approximate surface area is 119 Å². The molecule has 0 saturated carbocycles. The number of benzene rings is 2. The van der Waals surface area contributed by atoms with Crippen LogP contribution in [0.15, 0.2) is 51.8 Å². The summed E-state index contributed by atoms with van der Waals surface area (Å²) in [6.45, 7) is 0. The van der Waals surface area contributed by atoms with Gasteiger partial charge in [-0.1, -0.05) is 28.1 Å². The van der Waals surface area contributed by atoms with Crippen LogP contribution in [0.4, 0.5) is 5.69 Å². The first kappa shape index (κ1) is 13.9. The molecule has 0 bridgehead atoms. The minimum Gasteiger partial charge on any atom is -0.508 e. The van der Waals surface area contributed by atoms with Crippen LogP contribution in [0.5, 0.6) is 5.75 Å². The lowest BCUT2D eigenvalue weighted by molar-refractivity contribution is 0.475. The Morgan fingerprint density at radius 3 is 2.37 bits per heavy atom. The topological polar surface area (TPSA) is 80.4 Å². The van der Waals surface area contributed by atoms with E-state index in [-0.39, 0.29) is 22.1 Å². The molecule has 0 atom stereocenters. The molecule has 3 N–H and O–H groups in total. The summed E-state index contributed by atoms with van der Waals surface area (Å²) in [6, 6.07) is 10.8. The molecule has 0 heterocycles. The molecule has 2 rings (SSSR count). The van der Waals surface area contributed by atoms with Crippen LogP contribution in [-0.4, -0.2) is 13.5 Å². The first-order valence-corrected chi connectivity index (χ1v) is 7.89. The summed E-state index contributed by atoms with van der Waals surface area (Å²) in [5.41, 5.74) is 6.53. The van der Waals surface area contributed by atoms with Crippen molar-refractivity contribution >= 4 is 31.5 Å². The second-order valence-corrected chi connectivity index (χ2v) is 6.98. The van der Waals surface area contributed by atoms with Gasteiger partial charge in [-0.25, -0.2) is 8.42 Å². The highest BCUT2D eigenvalue weighted by Crippen LogP contribution is 2.26. The van der Waals surface area contributed by atoms with Crippen LogP contribution < -0.4 is 5.73 Å². The van der Waals surface area contributed by atoms with Gasteiger partial charge in [-0.2, -0.15) is 0 Å². The summed E-state index contributed by atoms with van der Waals surface area (Å²) in [4.78, 5) is 0.106. The van der Waals surface area contributed by atoms with E-state index in [9.17, 15) is 13.5 Å². The maximum Gasteiger partial charge on any atom is 0.184 e. The molecule has 0 aliphatic rings. The molecule has 0 amide bonds. The molecule has 0 unspecified atom stereocenters. The highest BCUT2D eigenvalue weighted by Gasteiger charge is 2.18. The van der Waals surface area contributed by atoms with Gasteiger partial charge in [0.2, 0.25) is 0 Å². The average molecular weight is 342 g/mol. The zero-order chi connectivity index (χ0) is 14.0. The Hall–Kier alpha value is -1.53. The number of hydrogen-bond donors (Lipinski definition) is 2. The van der Waals surface area contributed by atoms with Gasteiger partial charge in [0.1, 0.15) is 5.75 Å². The third kappa shape index (κ3) is 3.27. The Balaban J connectivity index is 2.37. The molecule has 6 heteroatoms. The lowest BCUT2D eigenvalue weighted by atomic mass is 10.2.